The van der Waals surface area contributed by atoms with E-state index < -0.39 is 0 Å². The van der Waals surface area contributed by atoms with E-state index in [-0.39, 0.29) is 12.1 Å². The van der Waals surface area contributed by atoms with Crippen LogP contribution in [0.4, 0.5) is 0 Å². The normalized spacial score (nSPS) is 23.3. The van der Waals surface area contributed by atoms with Gasteiger partial charge in [-0.05, 0) is 38.2 Å². The Hall–Kier alpha value is -0.870. The van der Waals surface area contributed by atoms with Crippen molar-refractivity contribution in [3.8, 4) is 0 Å². The molecule has 102 valence electrons. The van der Waals surface area contributed by atoms with Gasteiger partial charge in [-0.25, -0.2) is 0 Å². The minimum Gasteiger partial charge on any atom is -0.457 e. The number of carbonyl (C=O) groups is 1. The van der Waals surface area contributed by atoms with Crippen molar-refractivity contribution in [2.24, 2.45) is 0 Å². The van der Waals surface area contributed by atoms with Crippen LogP contribution in [0.25, 0.3) is 0 Å². The summed E-state index contributed by atoms with van der Waals surface area (Å²) in [6.07, 6.45) is 6.86. The van der Waals surface area contributed by atoms with E-state index in [1.54, 1.807) is 0 Å². The Labute approximate surface area is 109 Å². The Bertz CT molecular complexity index is 308. The summed E-state index contributed by atoms with van der Waals surface area (Å²) in [5.41, 5.74) is 1.29. The molecular formula is C14H23NO3. The largest absolute Gasteiger partial charge is 0.457 e. The van der Waals surface area contributed by atoms with Gasteiger partial charge in [0.25, 0.3) is 0 Å². The first kappa shape index (κ1) is 13.6. The number of allylic oxidation sites excluding steroid dienone is 1. The molecule has 4 heteroatoms. The molecule has 1 unspecified atom stereocenters. The molecule has 0 amide bonds. The first-order valence-electron chi connectivity index (χ1n) is 6.94. The molecule has 0 spiro atoms. The number of morpholine rings is 1. The van der Waals surface area contributed by atoms with Gasteiger partial charge in [0.15, 0.2) is 0 Å². The molecule has 1 aliphatic carbocycles. The van der Waals surface area contributed by atoms with Crippen LogP contribution in [0.3, 0.4) is 0 Å². The minimum absolute atomic E-state index is 0.0566. The van der Waals surface area contributed by atoms with E-state index in [9.17, 15) is 4.79 Å². The molecule has 0 aromatic rings. The lowest BCUT2D eigenvalue weighted by molar-refractivity contribution is -0.149. The summed E-state index contributed by atoms with van der Waals surface area (Å²) in [4.78, 5) is 13.9. The van der Waals surface area contributed by atoms with Crippen LogP contribution in [0.15, 0.2) is 11.6 Å². The number of ether oxygens (including phenoxy) is 2. The molecule has 2 rings (SSSR count). The van der Waals surface area contributed by atoms with Gasteiger partial charge in [-0.15, -0.1) is 0 Å². The van der Waals surface area contributed by atoms with Gasteiger partial charge in [0.05, 0.1) is 19.8 Å². The lowest BCUT2D eigenvalue weighted by Gasteiger charge is -2.26. The molecular weight excluding hydrogens is 230 g/mol. The smallest absolute Gasteiger partial charge is 0.320 e. The average Bonchev–Trinajstić information content (AvgIpc) is 2.40. The Morgan fingerprint density at radius 1 is 1.44 bits per heavy atom. The number of carbonyl (C=O) groups excluding carboxylic acids is 1. The van der Waals surface area contributed by atoms with Crippen LogP contribution in [0.5, 0.6) is 0 Å². The monoisotopic (exact) mass is 253 g/mol. The van der Waals surface area contributed by atoms with Crippen LogP contribution in [0, 0.1) is 0 Å². The van der Waals surface area contributed by atoms with E-state index in [0.717, 1.165) is 25.9 Å². The fraction of sp³-hybridized carbons (Fsp3) is 0.786. The Morgan fingerprint density at radius 3 is 2.89 bits per heavy atom. The minimum atomic E-state index is -0.115. The van der Waals surface area contributed by atoms with E-state index in [1.165, 1.54) is 18.4 Å². The summed E-state index contributed by atoms with van der Waals surface area (Å²) >= 11 is 0. The fourth-order valence-corrected chi connectivity index (χ4v) is 2.48. The van der Waals surface area contributed by atoms with E-state index in [1.807, 2.05) is 6.92 Å². The van der Waals surface area contributed by atoms with Gasteiger partial charge in [-0.3, -0.25) is 9.69 Å². The first-order chi connectivity index (χ1) is 8.75. The Balaban J connectivity index is 1.74. The number of esters is 1. The highest BCUT2D eigenvalue weighted by atomic mass is 16.5. The van der Waals surface area contributed by atoms with E-state index >= 15 is 0 Å². The Kier molecular flexibility index (Phi) is 5.20. The topological polar surface area (TPSA) is 38.8 Å². The molecule has 0 aromatic heterocycles. The quantitative estimate of drug-likeness (QED) is 0.565. The van der Waals surface area contributed by atoms with Gasteiger partial charge in [-0.1, -0.05) is 6.08 Å². The third kappa shape index (κ3) is 4.10. The summed E-state index contributed by atoms with van der Waals surface area (Å²) in [5, 5.41) is 0. The predicted molar refractivity (Wildman–Crippen MR) is 69.4 cm³/mol. The number of nitrogens with zero attached hydrogens (tertiary/aromatic N) is 1. The second-order valence-electron chi connectivity index (χ2n) is 5.05. The van der Waals surface area contributed by atoms with Gasteiger partial charge < -0.3 is 9.47 Å². The highest BCUT2D eigenvalue weighted by Crippen LogP contribution is 2.21. The molecule has 0 radical (unpaired) electrons. The maximum absolute atomic E-state index is 11.8. The fourth-order valence-electron chi connectivity index (χ4n) is 2.48. The third-order valence-electron chi connectivity index (χ3n) is 3.61. The van der Waals surface area contributed by atoms with E-state index in [0.29, 0.717) is 19.8 Å². The molecule has 18 heavy (non-hydrogen) atoms. The summed E-state index contributed by atoms with van der Waals surface area (Å²) in [5.74, 6) is -0.115. The lowest BCUT2D eigenvalue weighted by atomic mass is 9.96. The van der Waals surface area contributed by atoms with Gasteiger partial charge >= 0.3 is 5.97 Å². The molecule has 1 aliphatic heterocycles. The molecule has 0 N–H and O–H groups in total. The molecule has 0 bridgehead atoms. The molecule has 0 aromatic carbocycles. The molecule has 1 atom stereocenters. The van der Waals surface area contributed by atoms with Crippen LogP contribution >= 0.6 is 0 Å². The van der Waals surface area contributed by atoms with Crippen LogP contribution in [-0.4, -0.2) is 49.8 Å². The standard InChI is InChI=1S/C14H23NO3/c1-12(13-5-3-2-4-6-13)18-14(16)11-15-7-9-17-10-8-15/h5,12H,2-4,6-11H2,1H3. The zero-order valence-corrected chi connectivity index (χ0v) is 11.2. The summed E-state index contributed by atoms with van der Waals surface area (Å²) in [7, 11) is 0. The van der Waals surface area contributed by atoms with E-state index in [4.69, 9.17) is 9.47 Å². The van der Waals surface area contributed by atoms with Gasteiger partial charge in [0.1, 0.15) is 6.10 Å². The molecule has 4 nitrogen and oxygen atoms in total. The molecule has 1 heterocycles. The molecule has 2 aliphatic rings. The van der Waals surface area contributed by atoms with E-state index in [2.05, 4.69) is 11.0 Å². The zero-order valence-electron chi connectivity index (χ0n) is 11.2. The number of rotatable bonds is 4. The van der Waals surface area contributed by atoms with Crippen molar-refractivity contribution in [2.75, 3.05) is 32.8 Å². The van der Waals surface area contributed by atoms with Crippen molar-refractivity contribution in [3.05, 3.63) is 11.6 Å². The lowest BCUT2D eigenvalue weighted by Crippen LogP contribution is -2.40. The van der Waals surface area contributed by atoms with Crippen LogP contribution in [0.2, 0.25) is 0 Å². The van der Waals surface area contributed by atoms with Crippen molar-refractivity contribution in [3.63, 3.8) is 0 Å². The SMILES string of the molecule is CC(OC(=O)CN1CCOCC1)C1=CCCCC1. The van der Waals surface area contributed by atoms with Crippen molar-refractivity contribution >= 4 is 5.97 Å². The van der Waals surface area contributed by atoms with Crippen molar-refractivity contribution < 1.29 is 14.3 Å². The van der Waals surface area contributed by atoms with Crippen LogP contribution in [0.1, 0.15) is 32.6 Å². The van der Waals surface area contributed by atoms with Gasteiger partial charge in [0.2, 0.25) is 0 Å². The van der Waals surface area contributed by atoms with Crippen molar-refractivity contribution in [2.45, 2.75) is 38.7 Å². The second kappa shape index (κ2) is 6.90. The van der Waals surface area contributed by atoms with Gasteiger partial charge in [-0.2, -0.15) is 0 Å². The number of hydrogen-bond acceptors (Lipinski definition) is 4. The maximum Gasteiger partial charge on any atom is 0.320 e. The summed E-state index contributed by atoms with van der Waals surface area (Å²) in [6, 6.07) is 0. The predicted octanol–water partition coefficient (Wildman–Crippen LogP) is 1.75. The molecule has 1 saturated heterocycles. The second-order valence-corrected chi connectivity index (χ2v) is 5.05. The van der Waals surface area contributed by atoms with Crippen molar-refractivity contribution in [1.82, 2.24) is 4.90 Å². The summed E-state index contributed by atoms with van der Waals surface area (Å²) in [6.45, 7) is 5.45. The molecule has 0 saturated carbocycles. The van der Waals surface area contributed by atoms with Crippen LogP contribution in [-0.2, 0) is 14.3 Å². The van der Waals surface area contributed by atoms with Crippen molar-refractivity contribution in [1.29, 1.82) is 0 Å². The average molecular weight is 253 g/mol. The summed E-state index contributed by atoms with van der Waals surface area (Å²) < 4.78 is 10.8. The highest BCUT2D eigenvalue weighted by Gasteiger charge is 2.19. The first-order valence-corrected chi connectivity index (χ1v) is 6.94. The van der Waals surface area contributed by atoms with Gasteiger partial charge in [0, 0.05) is 13.1 Å². The Morgan fingerprint density at radius 2 is 2.22 bits per heavy atom. The number of hydrogen-bond donors (Lipinski definition) is 0. The third-order valence-corrected chi connectivity index (χ3v) is 3.61. The van der Waals surface area contributed by atoms with Crippen LogP contribution < -0.4 is 0 Å². The highest BCUT2D eigenvalue weighted by molar-refractivity contribution is 5.72. The molecule has 1 fully saturated rings. The maximum atomic E-state index is 11.8. The zero-order chi connectivity index (χ0) is 12.8.